The smallest absolute Gasteiger partial charge is 0.185 e. The number of aromatic nitrogens is 2. The van der Waals surface area contributed by atoms with Crippen LogP contribution in [0.3, 0.4) is 0 Å². The number of hydrogen-bond donors (Lipinski definition) is 0. The Morgan fingerprint density at radius 1 is 1.04 bits per heavy atom. The number of benzene rings is 2. The van der Waals surface area contributed by atoms with Gasteiger partial charge in [0.1, 0.15) is 0 Å². The van der Waals surface area contributed by atoms with E-state index in [9.17, 15) is 4.79 Å². The lowest BCUT2D eigenvalue weighted by molar-refractivity contribution is 0.104. The van der Waals surface area contributed by atoms with Gasteiger partial charge in [-0.2, -0.15) is 5.10 Å². The standard InChI is InChI=1S/C20H16Cl2N2O/c1-13-17(14(2)24(23-13)16-6-4-3-5-7-16)9-11-20(25)15-8-10-18(21)19(22)12-15/h3-12H,1-2H3/b11-9+. The third-order valence-corrected chi connectivity index (χ3v) is 4.69. The monoisotopic (exact) mass is 370 g/mol. The minimum atomic E-state index is -0.134. The highest BCUT2D eigenvalue weighted by atomic mass is 35.5. The number of ketones is 1. The molecule has 2 aromatic carbocycles. The minimum absolute atomic E-state index is 0.134. The Morgan fingerprint density at radius 2 is 1.76 bits per heavy atom. The summed E-state index contributed by atoms with van der Waals surface area (Å²) >= 11 is 11.9. The fraction of sp³-hybridized carbons (Fsp3) is 0.100. The molecule has 0 aliphatic heterocycles. The van der Waals surface area contributed by atoms with E-state index in [1.54, 1.807) is 24.3 Å². The van der Waals surface area contributed by atoms with Crippen LogP contribution in [0.2, 0.25) is 10.0 Å². The first-order chi connectivity index (χ1) is 12.0. The highest BCUT2D eigenvalue weighted by Gasteiger charge is 2.11. The molecule has 3 aromatic rings. The zero-order valence-electron chi connectivity index (χ0n) is 13.8. The van der Waals surface area contributed by atoms with E-state index in [1.807, 2.05) is 48.9 Å². The van der Waals surface area contributed by atoms with Crippen molar-refractivity contribution in [3.05, 3.63) is 87.2 Å². The molecule has 25 heavy (non-hydrogen) atoms. The van der Waals surface area contributed by atoms with Crippen LogP contribution in [0.1, 0.15) is 27.3 Å². The van der Waals surface area contributed by atoms with Crippen LogP contribution in [0.5, 0.6) is 0 Å². The molecule has 0 spiro atoms. The van der Waals surface area contributed by atoms with Gasteiger partial charge in [0.15, 0.2) is 5.78 Å². The average Bonchev–Trinajstić information content (AvgIpc) is 2.90. The summed E-state index contributed by atoms with van der Waals surface area (Å²) < 4.78 is 1.87. The Balaban J connectivity index is 1.90. The summed E-state index contributed by atoms with van der Waals surface area (Å²) in [7, 11) is 0. The maximum Gasteiger partial charge on any atom is 0.185 e. The molecule has 0 aliphatic carbocycles. The summed E-state index contributed by atoms with van der Waals surface area (Å²) in [5.41, 5.74) is 4.24. The van der Waals surface area contributed by atoms with E-state index in [1.165, 1.54) is 6.08 Å². The molecule has 3 nitrogen and oxygen atoms in total. The van der Waals surface area contributed by atoms with Crippen molar-refractivity contribution in [3.8, 4) is 5.69 Å². The molecule has 126 valence electrons. The maximum absolute atomic E-state index is 12.4. The van der Waals surface area contributed by atoms with Crippen LogP contribution in [0.15, 0.2) is 54.6 Å². The molecule has 0 saturated carbocycles. The Bertz CT molecular complexity index is 959. The van der Waals surface area contributed by atoms with Gasteiger partial charge in [0.05, 0.1) is 21.4 Å². The van der Waals surface area contributed by atoms with E-state index in [2.05, 4.69) is 5.10 Å². The third kappa shape index (κ3) is 3.68. The van der Waals surface area contributed by atoms with Crippen LogP contribution in [-0.2, 0) is 0 Å². The second kappa shape index (κ2) is 7.26. The van der Waals surface area contributed by atoms with E-state index >= 15 is 0 Å². The number of nitrogens with zero attached hydrogens (tertiary/aromatic N) is 2. The fourth-order valence-electron chi connectivity index (χ4n) is 2.62. The van der Waals surface area contributed by atoms with Crippen molar-refractivity contribution in [1.29, 1.82) is 0 Å². The first kappa shape index (κ1) is 17.5. The maximum atomic E-state index is 12.4. The number of aryl methyl sites for hydroxylation is 1. The van der Waals surface area contributed by atoms with E-state index < -0.39 is 0 Å². The Morgan fingerprint density at radius 3 is 2.44 bits per heavy atom. The molecule has 0 unspecified atom stereocenters. The van der Waals surface area contributed by atoms with Crippen LogP contribution >= 0.6 is 23.2 Å². The molecule has 0 saturated heterocycles. The average molecular weight is 371 g/mol. The molecule has 0 amide bonds. The Kier molecular flexibility index (Phi) is 5.07. The summed E-state index contributed by atoms with van der Waals surface area (Å²) in [6.07, 6.45) is 3.33. The molecule has 3 rings (SSSR count). The summed E-state index contributed by atoms with van der Waals surface area (Å²) in [5.74, 6) is -0.134. The predicted octanol–water partition coefficient (Wildman–Crippen LogP) is 5.69. The van der Waals surface area contributed by atoms with Crippen LogP contribution in [0.4, 0.5) is 0 Å². The minimum Gasteiger partial charge on any atom is -0.289 e. The van der Waals surface area contributed by atoms with Crippen molar-refractivity contribution in [2.75, 3.05) is 0 Å². The number of carbonyl (C=O) groups excluding carboxylic acids is 1. The summed E-state index contributed by atoms with van der Waals surface area (Å²) in [5, 5.41) is 5.37. The molecule has 0 N–H and O–H groups in total. The fourth-order valence-corrected chi connectivity index (χ4v) is 2.92. The van der Waals surface area contributed by atoms with E-state index in [4.69, 9.17) is 23.2 Å². The molecule has 0 fully saturated rings. The molecule has 5 heteroatoms. The van der Waals surface area contributed by atoms with E-state index in [0.717, 1.165) is 22.6 Å². The normalized spacial score (nSPS) is 11.2. The third-order valence-electron chi connectivity index (χ3n) is 3.95. The van der Waals surface area contributed by atoms with E-state index in [0.29, 0.717) is 15.6 Å². The van der Waals surface area contributed by atoms with Crippen LogP contribution < -0.4 is 0 Å². The van der Waals surface area contributed by atoms with Gasteiger partial charge in [-0.15, -0.1) is 0 Å². The lowest BCUT2D eigenvalue weighted by Gasteiger charge is -2.03. The van der Waals surface area contributed by atoms with Crippen molar-refractivity contribution < 1.29 is 4.79 Å². The van der Waals surface area contributed by atoms with Gasteiger partial charge in [-0.25, -0.2) is 4.68 Å². The first-order valence-corrected chi connectivity index (χ1v) is 8.52. The molecule has 1 aromatic heterocycles. The molecule has 0 aliphatic rings. The number of rotatable bonds is 4. The van der Waals surface area contributed by atoms with Crippen molar-refractivity contribution in [2.24, 2.45) is 0 Å². The van der Waals surface area contributed by atoms with E-state index in [-0.39, 0.29) is 5.78 Å². The second-order valence-corrected chi connectivity index (χ2v) is 6.47. The first-order valence-electron chi connectivity index (χ1n) is 7.76. The molecular weight excluding hydrogens is 355 g/mol. The number of allylic oxidation sites excluding steroid dienone is 1. The highest BCUT2D eigenvalue weighted by Crippen LogP contribution is 2.24. The molecule has 0 radical (unpaired) electrons. The quantitative estimate of drug-likeness (QED) is 0.436. The largest absolute Gasteiger partial charge is 0.289 e. The van der Waals surface area contributed by atoms with Gasteiger partial charge >= 0.3 is 0 Å². The lowest BCUT2D eigenvalue weighted by atomic mass is 10.1. The van der Waals surface area contributed by atoms with Crippen LogP contribution in [0.25, 0.3) is 11.8 Å². The van der Waals surface area contributed by atoms with Gasteiger partial charge in [0.25, 0.3) is 0 Å². The Labute approximate surface area is 156 Å². The number of para-hydroxylation sites is 1. The van der Waals surface area contributed by atoms with Crippen LogP contribution in [0, 0.1) is 13.8 Å². The Hall–Kier alpha value is -2.36. The summed E-state index contributed by atoms with van der Waals surface area (Å²) in [6, 6.07) is 14.7. The van der Waals surface area contributed by atoms with Gasteiger partial charge in [0.2, 0.25) is 0 Å². The van der Waals surface area contributed by atoms with Crippen LogP contribution in [-0.4, -0.2) is 15.6 Å². The lowest BCUT2D eigenvalue weighted by Crippen LogP contribution is -1.98. The summed E-state index contributed by atoms with van der Waals surface area (Å²) in [6.45, 7) is 3.91. The molecular formula is C20H16Cl2N2O. The topological polar surface area (TPSA) is 34.9 Å². The highest BCUT2D eigenvalue weighted by molar-refractivity contribution is 6.42. The number of halogens is 2. The number of hydrogen-bond acceptors (Lipinski definition) is 2. The molecule has 1 heterocycles. The van der Waals surface area contributed by atoms with Gasteiger partial charge < -0.3 is 0 Å². The van der Waals surface area contributed by atoms with Crippen molar-refractivity contribution in [3.63, 3.8) is 0 Å². The van der Waals surface area contributed by atoms with Gasteiger partial charge in [-0.05, 0) is 56.3 Å². The van der Waals surface area contributed by atoms with Gasteiger partial charge in [-0.1, -0.05) is 41.4 Å². The van der Waals surface area contributed by atoms with Crippen molar-refractivity contribution in [1.82, 2.24) is 9.78 Å². The zero-order valence-corrected chi connectivity index (χ0v) is 15.3. The zero-order chi connectivity index (χ0) is 18.0. The summed E-state index contributed by atoms with van der Waals surface area (Å²) in [4.78, 5) is 12.4. The molecule has 0 bridgehead atoms. The second-order valence-electron chi connectivity index (χ2n) is 5.66. The van der Waals surface area contributed by atoms with Crippen molar-refractivity contribution >= 4 is 35.1 Å². The SMILES string of the molecule is Cc1nn(-c2ccccc2)c(C)c1/C=C/C(=O)c1ccc(Cl)c(Cl)c1. The predicted molar refractivity (Wildman–Crippen MR) is 103 cm³/mol. The van der Waals surface area contributed by atoms with Gasteiger partial charge in [-0.3, -0.25) is 4.79 Å². The van der Waals surface area contributed by atoms with Gasteiger partial charge in [0, 0.05) is 16.8 Å². The molecule has 0 atom stereocenters. The number of carbonyl (C=O) groups is 1. The van der Waals surface area contributed by atoms with Crippen molar-refractivity contribution in [2.45, 2.75) is 13.8 Å².